The summed E-state index contributed by atoms with van der Waals surface area (Å²) in [6.07, 6.45) is 3.58. The van der Waals surface area contributed by atoms with E-state index in [1.807, 2.05) is 11.0 Å². The van der Waals surface area contributed by atoms with Crippen molar-refractivity contribution in [3.8, 4) is 0 Å². The number of carbonyl (C=O) groups excluding carboxylic acids is 1. The summed E-state index contributed by atoms with van der Waals surface area (Å²) in [5.41, 5.74) is 2.63. The van der Waals surface area contributed by atoms with E-state index in [2.05, 4.69) is 4.72 Å². The van der Waals surface area contributed by atoms with Crippen molar-refractivity contribution in [1.29, 1.82) is 0 Å². The Morgan fingerprint density at radius 2 is 1.96 bits per heavy atom. The Balaban J connectivity index is 1.61. The molecule has 1 N–H and O–H groups in total. The molecule has 2 aliphatic rings. The normalized spacial score (nSPS) is 16.7. The number of anilines is 2. The highest BCUT2D eigenvalue weighted by atomic mass is 32.2. The van der Waals surface area contributed by atoms with Crippen LogP contribution < -0.4 is 9.62 Å². The van der Waals surface area contributed by atoms with E-state index in [4.69, 9.17) is 0 Å². The van der Waals surface area contributed by atoms with E-state index >= 15 is 0 Å². The molecule has 1 saturated carbocycles. The molecule has 4 rings (SSSR count). The summed E-state index contributed by atoms with van der Waals surface area (Å²) in [7, 11) is -3.82. The lowest BCUT2D eigenvalue weighted by Crippen LogP contribution is -2.36. The fourth-order valence-electron chi connectivity index (χ4n) is 3.56. The topological polar surface area (TPSA) is 66.5 Å². The lowest BCUT2D eigenvalue weighted by atomic mass is 10.0. The monoisotopic (exact) mass is 388 g/mol. The number of hydrogen-bond donors (Lipinski definition) is 1. The van der Waals surface area contributed by atoms with Crippen LogP contribution in [-0.4, -0.2) is 20.9 Å². The molecule has 27 heavy (non-hydrogen) atoms. The number of hydrogen-bond acceptors (Lipinski definition) is 3. The minimum absolute atomic E-state index is 0.0483. The number of benzene rings is 2. The molecule has 0 radical (unpaired) electrons. The molecule has 1 aliphatic heterocycles. The number of rotatable bonds is 4. The molecule has 1 amide bonds. The molecular weight excluding hydrogens is 367 g/mol. The number of aryl methyl sites for hydroxylation is 2. The largest absolute Gasteiger partial charge is 0.312 e. The van der Waals surface area contributed by atoms with Crippen molar-refractivity contribution in [1.82, 2.24) is 0 Å². The van der Waals surface area contributed by atoms with Gasteiger partial charge in [-0.1, -0.05) is 0 Å². The molecule has 0 aromatic heterocycles. The fraction of sp³-hybridized carbons (Fsp3) is 0.350. The summed E-state index contributed by atoms with van der Waals surface area (Å²) >= 11 is 0. The molecule has 142 valence electrons. The maximum atomic E-state index is 13.3. The molecule has 1 heterocycles. The Kier molecular flexibility index (Phi) is 4.42. The number of sulfonamides is 1. The highest BCUT2D eigenvalue weighted by Gasteiger charge is 2.35. The van der Waals surface area contributed by atoms with Gasteiger partial charge in [0.15, 0.2) is 0 Å². The van der Waals surface area contributed by atoms with Crippen molar-refractivity contribution in [3.63, 3.8) is 0 Å². The first kappa shape index (κ1) is 18.0. The highest BCUT2D eigenvalue weighted by molar-refractivity contribution is 7.92. The van der Waals surface area contributed by atoms with Crippen LogP contribution in [0.3, 0.4) is 0 Å². The molecule has 0 atom stereocenters. The molecule has 1 fully saturated rings. The van der Waals surface area contributed by atoms with Crippen molar-refractivity contribution < 1.29 is 17.6 Å². The zero-order valence-electron chi connectivity index (χ0n) is 15.0. The van der Waals surface area contributed by atoms with Gasteiger partial charge in [-0.2, -0.15) is 0 Å². The zero-order chi connectivity index (χ0) is 19.2. The van der Waals surface area contributed by atoms with Gasteiger partial charge >= 0.3 is 0 Å². The molecule has 2 aromatic rings. The molecule has 0 unspecified atom stereocenters. The van der Waals surface area contributed by atoms with Gasteiger partial charge in [-0.25, -0.2) is 12.8 Å². The summed E-state index contributed by atoms with van der Waals surface area (Å²) in [6, 6.07) is 8.87. The fourth-order valence-corrected chi connectivity index (χ4v) is 4.84. The second-order valence-corrected chi connectivity index (χ2v) is 8.88. The first-order chi connectivity index (χ1) is 12.8. The Labute approximate surface area is 158 Å². The standard InChI is InChI=1S/C20H21FN2O3S/c1-13-11-16(21)6-9-19(13)27(25,26)22-17-7-8-18-15(12-17)3-2-10-23(18)20(24)14-4-5-14/h6-9,11-12,14,22H,2-5,10H2,1H3. The molecule has 5 nitrogen and oxygen atoms in total. The second kappa shape index (κ2) is 6.64. The average Bonchev–Trinajstić information content (AvgIpc) is 3.44. The summed E-state index contributed by atoms with van der Waals surface area (Å²) < 4.78 is 41.2. The van der Waals surface area contributed by atoms with Gasteiger partial charge in [-0.05, 0) is 80.1 Å². The number of carbonyl (C=O) groups is 1. The number of halogens is 1. The van der Waals surface area contributed by atoms with Crippen LogP contribution in [0.4, 0.5) is 15.8 Å². The van der Waals surface area contributed by atoms with E-state index in [0.717, 1.165) is 43.0 Å². The van der Waals surface area contributed by atoms with Crippen molar-refractivity contribution >= 4 is 27.3 Å². The van der Waals surface area contributed by atoms with Gasteiger partial charge in [0.2, 0.25) is 5.91 Å². The van der Waals surface area contributed by atoms with Gasteiger partial charge in [0, 0.05) is 23.8 Å². The lowest BCUT2D eigenvalue weighted by Gasteiger charge is -2.30. The minimum Gasteiger partial charge on any atom is -0.312 e. The Morgan fingerprint density at radius 3 is 2.67 bits per heavy atom. The van der Waals surface area contributed by atoms with Crippen LogP contribution in [0.25, 0.3) is 0 Å². The zero-order valence-corrected chi connectivity index (χ0v) is 15.9. The number of nitrogens with one attached hydrogen (secondary N) is 1. The smallest absolute Gasteiger partial charge is 0.262 e. The molecule has 7 heteroatoms. The third-order valence-corrected chi connectivity index (χ3v) is 6.61. The third-order valence-electron chi connectivity index (χ3n) is 5.07. The van der Waals surface area contributed by atoms with E-state index in [9.17, 15) is 17.6 Å². The molecular formula is C20H21FN2O3S. The van der Waals surface area contributed by atoms with Crippen LogP contribution in [0, 0.1) is 18.7 Å². The number of amides is 1. The third kappa shape index (κ3) is 3.56. The van der Waals surface area contributed by atoms with Crippen LogP contribution in [0.2, 0.25) is 0 Å². The SMILES string of the molecule is Cc1cc(F)ccc1S(=O)(=O)Nc1ccc2c(c1)CCCN2C(=O)C1CC1. The average molecular weight is 388 g/mol. The van der Waals surface area contributed by atoms with Crippen molar-refractivity contribution in [2.24, 2.45) is 5.92 Å². The van der Waals surface area contributed by atoms with Gasteiger partial charge in [0.05, 0.1) is 4.90 Å². The summed E-state index contributed by atoms with van der Waals surface area (Å²) in [4.78, 5) is 14.4. The van der Waals surface area contributed by atoms with E-state index in [-0.39, 0.29) is 16.7 Å². The maximum Gasteiger partial charge on any atom is 0.262 e. The predicted molar refractivity (Wildman–Crippen MR) is 102 cm³/mol. The van der Waals surface area contributed by atoms with Crippen LogP contribution >= 0.6 is 0 Å². The Bertz CT molecular complexity index is 1020. The minimum atomic E-state index is -3.82. The first-order valence-electron chi connectivity index (χ1n) is 9.08. The summed E-state index contributed by atoms with van der Waals surface area (Å²) in [6.45, 7) is 2.27. The molecule has 0 bridgehead atoms. The maximum absolute atomic E-state index is 13.3. The number of fused-ring (bicyclic) bond motifs is 1. The first-order valence-corrected chi connectivity index (χ1v) is 10.6. The summed E-state index contributed by atoms with van der Waals surface area (Å²) in [5, 5.41) is 0. The quantitative estimate of drug-likeness (QED) is 0.870. The number of nitrogens with zero attached hydrogens (tertiary/aromatic N) is 1. The van der Waals surface area contributed by atoms with Crippen molar-refractivity contribution in [2.45, 2.75) is 37.5 Å². The van der Waals surface area contributed by atoms with Crippen LogP contribution in [0.1, 0.15) is 30.4 Å². The van der Waals surface area contributed by atoms with Gasteiger partial charge < -0.3 is 4.90 Å². The van der Waals surface area contributed by atoms with Crippen molar-refractivity contribution in [2.75, 3.05) is 16.2 Å². The van der Waals surface area contributed by atoms with Gasteiger partial charge in [0.25, 0.3) is 10.0 Å². The van der Waals surface area contributed by atoms with E-state index in [0.29, 0.717) is 17.8 Å². The van der Waals surface area contributed by atoms with E-state index < -0.39 is 15.8 Å². The Hall–Kier alpha value is -2.41. The predicted octanol–water partition coefficient (Wildman–Crippen LogP) is 3.62. The second-order valence-electron chi connectivity index (χ2n) is 7.23. The summed E-state index contributed by atoms with van der Waals surface area (Å²) in [5.74, 6) is -0.151. The van der Waals surface area contributed by atoms with Crippen LogP contribution in [0.5, 0.6) is 0 Å². The van der Waals surface area contributed by atoms with E-state index in [1.54, 1.807) is 19.1 Å². The molecule has 2 aromatic carbocycles. The van der Waals surface area contributed by atoms with Gasteiger partial charge in [-0.3, -0.25) is 9.52 Å². The van der Waals surface area contributed by atoms with E-state index in [1.165, 1.54) is 12.1 Å². The van der Waals surface area contributed by atoms with Crippen molar-refractivity contribution in [3.05, 3.63) is 53.3 Å². The van der Waals surface area contributed by atoms with Crippen LogP contribution in [-0.2, 0) is 21.2 Å². The molecule has 1 aliphatic carbocycles. The van der Waals surface area contributed by atoms with Gasteiger partial charge in [0.1, 0.15) is 5.82 Å². The Morgan fingerprint density at radius 1 is 1.19 bits per heavy atom. The molecule has 0 saturated heterocycles. The molecule has 0 spiro atoms. The lowest BCUT2D eigenvalue weighted by molar-refractivity contribution is -0.119. The highest BCUT2D eigenvalue weighted by Crippen LogP contribution is 2.37. The van der Waals surface area contributed by atoms with Gasteiger partial charge in [-0.15, -0.1) is 0 Å². The van der Waals surface area contributed by atoms with Crippen LogP contribution in [0.15, 0.2) is 41.3 Å².